The quantitative estimate of drug-likeness (QED) is 0.0925. The summed E-state index contributed by atoms with van der Waals surface area (Å²) in [5, 5.41) is 12.8. The normalized spacial score (nSPS) is 11.4. The van der Waals surface area contributed by atoms with Gasteiger partial charge in [0.1, 0.15) is 0 Å². The first-order chi connectivity index (χ1) is 72.8. The van der Waals surface area contributed by atoms with E-state index < -0.39 is 0 Å². The van der Waals surface area contributed by atoms with Crippen molar-refractivity contribution in [2.75, 3.05) is 0 Å². The van der Waals surface area contributed by atoms with Gasteiger partial charge in [-0.3, -0.25) is 15.0 Å². The van der Waals surface area contributed by atoms with E-state index in [0.717, 1.165) is 166 Å². The molecule has 0 aliphatic rings. The third-order valence-electron chi connectivity index (χ3n) is 28.0. The van der Waals surface area contributed by atoms with Crippen LogP contribution in [0.4, 0.5) is 0 Å². The van der Waals surface area contributed by atoms with Crippen molar-refractivity contribution in [1.82, 2.24) is 44.9 Å². The highest BCUT2D eigenvalue weighted by atomic mass is 32.1. The van der Waals surface area contributed by atoms with E-state index in [4.69, 9.17) is 39.9 Å². The van der Waals surface area contributed by atoms with Crippen LogP contribution in [0.5, 0.6) is 0 Å². The van der Waals surface area contributed by atoms with E-state index in [1.165, 1.54) is 104 Å². The second kappa shape index (κ2) is 38.6. The Kier molecular flexibility index (Phi) is 23.0. The van der Waals surface area contributed by atoms with Crippen LogP contribution in [0.25, 0.3) is 275 Å². The van der Waals surface area contributed by atoms with Crippen LogP contribution in [0, 0.1) is 0 Å². The predicted molar refractivity (Wildman–Crippen MR) is 614 cm³/mol. The minimum Gasteiger partial charge on any atom is -0.256 e. The van der Waals surface area contributed by atoms with Gasteiger partial charge in [-0.15, -0.1) is 11.3 Å². The van der Waals surface area contributed by atoms with Gasteiger partial charge in [0.15, 0.2) is 11.6 Å². The Bertz CT molecular complexity index is 9880. The number of hydrogen-bond acceptors (Lipinski definition) is 10. The first kappa shape index (κ1) is 87.8. The SMILES string of the molecule is c1ccc(-c2ccc(-c3nc(-c4ccc(-c5cccc(-c6cccc7c6ccc6cccnc67)c5)cc4)nc4c3sc3ccccc34)cc2)cc1.c1ccc(-c2ccc(-c3nc(-c4ccc(-c5cccc(-c6cccc7c6ccc6cccnc67)c5)cc4)nc4ccccc34)cc2)cc1.c1ccc(-c2ccc(-c3nc4ccccc4nc3-c3ccc(-c4cccc(-c5cccc6c5ccc5cccnc56)c4)cc3)cc2)cc1. The Morgan fingerprint density at radius 1 is 0.143 bits per heavy atom. The molecule has 0 saturated carbocycles. The van der Waals surface area contributed by atoms with Gasteiger partial charge in [-0.25, -0.2) is 29.9 Å². The van der Waals surface area contributed by atoms with E-state index in [2.05, 4.69) is 442 Å². The number of nitrogens with zero attached hydrogens (tertiary/aromatic N) is 9. The fourth-order valence-electron chi connectivity index (χ4n) is 20.6. The topological polar surface area (TPSA) is 116 Å². The van der Waals surface area contributed by atoms with Crippen LogP contribution < -0.4 is 0 Å². The van der Waals surface area contributed by atoms with Crippen LogP contribution in [-0.4, -0.2) is 44.9 Å². The Labute approximate surface area is 853 Å². The number of para-hydroxylation sites is 3. The summed E-state index contributed by atoms with van der Waals surface area (Å²) < 4.78 is 2.32. The number of thiophene rings is 1. The van der Waals surface area contributed by atoms with E-state index in [-0.39, 0.29) is 0 Å². The molecule has 0 spiro atoms. The summed E-state index contributed by atoms with van der Waals surface area (Å²) in [6.45, 7) is 0. The molecule has 7 aromatic heterocycles. The van der Waals surface area contributed by atoms with Crippen LogP contribution in [0.2, 0.25) is 0 Å². The number of pyridine rings is 3. The summed E-state index contributed by atoms with van der Waals surface area (Å²) in [6.07, 6.45) is 5.60. The molecule has 0 saturated heterocycles. The number of benzene rings is 21. The molecule has 21 aromatic carbocycles. The maximum atomic E-state index is 5.24. The fraction of sp³-hybridized carbons (Fsp3) is 0. The van der Waals surface area contributed by atoms with Crippen LogP contribution >= 0.6 is 11.3 Å². The van der Waals surface area contributed by atoms with Crippen LogP contribution in [-0.2, 0) is 0 Å². The van der Waals surface area contributed by atoms with Crippen molar-refractivity contribution in [2.24, 2.45) is 0 Å². The maximum absolute atomic E-state index is 5.24. The average Bonchev–Trinajstić information content (AvgIpc) is 1.62. The van der Waals surface area contributed by atoms with Crippen molar-refractivity contribution < 1.29 is 0 Å². The van der Waals surface area contributed by atoms with E-state index in [9.17, 15) is 0 Å². The zero-order valence-corrected chi connectivity index (χ0v) is 80.5. The molecule has 0 aliphatic carbocycles. The van der Waals surface area contributed by atoms with E-state index in [1.807, 2.05) is 91.4 Å². The van der Waals surface area contributed by atoms with Gasteiger partial charge in [0.25, 0.3) is 0 Å². The lowest BCUT2D eigenvalue weighted by atomic mass is 9.93. The lowest BCUT2D eigenvalue weighted by molar-refractivity contribution is 1.23. The number of aromatic nitrogens is 9. The molecule has 7 heterocycles. The number of rotatable bonds is 15. The zero-order chi connectivity index (χ0) is 97.5. The van der Waals surface area contributed by atoms with Gasteiger partial charge in [-0.2, -0.15) is 0 Å². The van der Waals surface area contributed by atoms with Crippen molar-refractivity contribution >= 4 is 119 Å². The van der Waals surface area contributed by atoms with Gasteiger partial charge in [0.05, 0.1) is 66.1 Å². The van der Waals surface area contributed by atoms with Gasteiger partial charge in [-0.05, 0) is 177 Å². The molecular formula is C137H87N9S. The first-order valence-electron chi connectivity index (χ1n) is 49.5. The van der Waals surface area contributed by atoms with Gasteiger partial charge >= 0.3 is 0 Å². The molecule has 9 nitrogen and oxygen atoms in total. The standard InChI is InChI=1S/C47H29N3S.2C45H29N3/c1-2-9-30(10-3-1)31-18-22-34(23-19-31)44-46-45(41-14-4-5-17-42(41)51-46)50-47(49-44)35-24-20-32(21-25-35)36-11-6-12-37(29-36)38-15-7-16-40-39(38)27-26-33-13-8-28-48-43(33)40;1-2-9-30(10-3-1)31-18-22-34(23-19-31)44-45(48-42-17-5-4-16-41(42)47-44)35-24-20-32(21-25-35)36-11-6-12-37(29-36)38-14-7-15-40-39(38)27-26-33-13-8-28-46-43(33)40;1-2-9-30(10-3-1)31-18-22-34(23-19-31)44-41-14-4-5-17-42(41)47-45(48-44)35-24-20-32(21-25-35)36-11-6-12-37(29-36)38-15-7-16-40-39(38)27-26-33-13-8-28-46-43(33)40/h1-29H;2*1-29H. The highest BCUT2D eigenvalue weighted by Crippen LogP contribution is 2.45. The molecule has 0 bridgehead atoms. The zero-order valence-electron chi connectivity index (χ0n) is 79.7. The van der Waals surface area contributed by atoms with Gasteiger partial charge < -0.3 is 0 Å². The second-order valence-electron chi connectivity index (χ2n) is 36.9. The minimum atomic E-state index is 0.715. The van der Waals surface area contributed by atoms with Crippen molar-refractivity contribution in [1.29, 1.82) is 0 Å². The Hall–Kier alpha value is -19.4. The van der Waals surface area contributed by atoms with E-state index >= 15 is 0 Å². The Morgan fingerprint density at radius 2 is 0.429 bits per heavy atom. The third-order valence-corrected chi connectivity index (χ3v) is 29.2. The summed E-state index contributed by atoms with van der Waals surface area (Å²) in [5.74, 6) is 1.44. The van der Waals surface area contributed by atoms with Gasteiger partial charge in [0, 0.05) is 99.8 Å². The smallest absolute Gasteiger partial charge is 0.160 e. The second-order valence-corrected chi connectivity index (χ2v) is 38.0. The Balaban J connectivity index is 0.000000112. The van der Waals surface area contributed by atoms with Crippen LogP contribution in [0.1, 0.15) is 0 Å². The molecule has 28 aromatic rings. The van der Waals surface area contributed by atoms with Crippen LogP contribution in [0.15, 0.2) is 528 Å². The molecule has 147 heavy (non-hydrogen) atoms. The summed E-state index contributed by atoms with van der Waals surface area (Å²) >= 11 is 1.76. The minimum absolute atomic E-state index is 0.715. The fourth-order valence-corrected chi connectivity index (χ4v) is 21.8. The molecular weight excluding hydrogens is 1800 g/mol. The van der Waals surface area contributed by atoms with Crippen molar-refractivity contribution in [3.05, 3.63) is 528 Å². The molecule has 0 amide bonds. The lowest BCUT2D eigenvalue weighted by Gasteiger charge is -2.13. The van der Waals surface area contributed by atoms with Crippen molar-refractivity contribution in [3.63, 3.8) is 0 Å². The number of fused-ring (bicyclic) bond motifs is 14. The van der Waals surface area contributed by atoms with Crippen LogP contribution in [0.3, 0.4) is 0 Å². The monoisotopic (exact) mass is 1890 g/mol. The van der Waals surface area contributed by atoms with Gasteiger partial charge in [0.2, 0.25) is 0 Å². The molecule has 10 heteroatoms. The molecule has 686 valence electrons. The Morgan fingerprint density at radius 3 is 0.830 bits per heavy atom. The molecule has 28 rings (SSSR count). The predicted octanol–water partition coefficient (Wildman–Crippen LogP) is 36.2. The molecule has 0 radical (unpaired) electrons. The molecule has 0 atom stereocenters. The molecule has 0 N–H and O–H groups in total. The van der Waals surface area contributed by atoms with Gasteiger partial charge in [-0.1, -0.05) is 449 Å². The molecule has 0 fully saturated rings. The molecule has 0 aliphatic heterocycles. The first-order valence-corrected chi connectivity index (χ1v) is 50.3. The summed E-state index contributed by atoms with van der Waals surface area (Å²) in [7, 11) is 0. The van der Waals surface area contributed by atoms with Crippen molar-refractivity contribution in [2.45, 2.75) is 0 Å². The maximum Gasteiger partial charge on any atom is 0.160 e. The summed E-state index contributed by atoms with van der Waals surface area (Å²) in [4.78, 5) is 44.9. The highest BCUT2D eigenvalue weighted by molar-refractivity contribution is 7.26. The van der Waals surface area contributed by atoms with E-state index in [1.54, 1.807) is 11.3 Å². The molecule has 0 unspecified atom stereocenters. The number of hydrogen-bond donors (Lipinski definition) is 0. The highest BCUT2D eigenvalue weighted by Gasteiger charge is 2.23. The summed E-state index contributed by atoms with van der Waals surface area (Å²) in [6, 6.07) is 180. The lowest BCUT2D eigenvalue weighted by Crippen LogP contribution is -1.95. The third kappa shape index (κ3) is 17.2. The average molecular weight is 1890 g/mol. The summed E-state index contributed by atoms with van der Waals surface area (Å²) in [5.41, 5.74) is 37.8. The van der Waals surface area contributed by atoms with Crippen molar-refractivity contribution in [3.8, 4) is 168 Å². The van der Waals surface area contributed by atoms with E-state index in [0.29, 0.717) is 5.82 Å². The largest absolute Gasteiger partial charge is 0.256 e.